The molecular formula is C24H23N3O4S. The van der Waals surface area contributed by atoms with E-state index in [0.717, 1.165) is 17.3 Å². The molecule has 1 heterocycles. The van der Waals surface area contributed by atoms with Crippen molar-refractivity contribution in [2.75, 3.05) is 19.5 Å². The van der Waals surface area contributed by atoms with Crippen molar-refractivity contribution >= 4 is 29.3 Å². The lowest BCUT2D eigenvalue weighted by Gasteiger charge is -2.30. The SMILES string of the molecule is CCOC(=O)C1=C(c2ccccc2)NC(SCC(N)=O)=C(C#N)[C@H]1c1cccc(OC)c1. The van der Waals surface area contributed by atoms with E-state index in [2.05, 4.69) is 11.4 Å². The summed E-state index contributed by atoms with van der Waals surface area (Å²) in [4.78, 5) is 24.6. The number of methoxy groups -OCH3 is 1. The zero-order valence-electron chi connectivity index (χ0n) is 17.8. The second kappa shape index (κ2) is 10.6. The quantitative estimate of drug-likeness (QED) is 0.594. The average Bonchev–Trinajstić information content (AvgIpc) is 2.82. The van der Waals surface area contributed by atoms with Crippen molar-refractivity contribution in [1.82, 2.24) is 5.32 Å². The van der Waals surface area contributed by atoms with Crippen LogP contribution in [-0.4, -0.2) is 31.3 Å². The molecule has 8 heteroatoms. The highest BCUT2D eigenvalue weighted by atomic mass is 32.2. The summed E-state index contributed by atoms with van der Waals surface area (Å²) in [7, 11) is 1.55. The number of carbonyl (C=O) groups is 2. The van der Waals surface area contributed by atoms with Crippen LogP contribution in [0.2, 0.25) is 0 Å². The number of esters is 1. The fraction of sp³-hybridized carbons (Fsp3) is 0.208. The highest BCUT2D eigenvalue weighted by molar-refractivity contribution is 8.03. The number of nitrogens with zero attached hydrogens (tertiary/aromatic N) is 1. The van der Waals surface area contributed by atoms with Gasteiger partial charge in [-0.05, 0) is 30.2 Å². The van der Waals surface area contributed by atoms with Crippen molar-refractivity contribution in [3.63, 3.8) is 0 Å². The Bertz CT molecular complexity index is 1120. The van der Waals surface area contributed by atoms with Gasteiger partial charge in [-0.15, -0.1) is 0 Å². The molecule has 0 aromatic heterocycles. The molecule has 0 saturated carbocycles. The fourth-order valence-corrected chi connectivity index (χ4v) is 4.24. The van der Waals surface area contributed by atoms with Gasteiger partial charge in [-0.3, -0.25) is 4.79 Å². The number of rotatable bonds is 8. The lowest BCUT2D eigenvalue weighted by molar-refractivity contribution is -0.138. The van der Waals surface area contributed by atoms with Gasteiger partial charge in [0.15, 0.2) is 0 Å². The number of nitrogens with one attached hydrogen (secondary N) is 1. The maximum Gasteiger partial charge on any atom is 0.337 e. The number of dihydropyridines is 1. The molecule has 164 valence electrons. The van der Waals surface area contributed by atoms with Crippen molar-refractivity contribution in [3.05, 3.63) is 81.9 Å². The van der Waals surface area contributed by atoms with Crippen molar-refractivity contribution in [2.24, 2.45) is 5.73 Å². The van der Waals surface area contributed by atoms with Crippen LogP contribution in [0.3, 0.4) is 0 Å². The number of amides is 1. The summed E-state index contributed by atoms with van der Waals surface area (Å²) in [5.74, 6) is -1.19. The molecule has 1 aliphatic rings. The van der Waals surface area contributed by atoms with E-state index in [4.69, 9.17) is 15.2 Å². The summed E-state index contributed by atoms with van der Waals surface area (Å²) < 4.78 is 10.7. The Morgan fingerprint density at radius 1 is 1.19 bits per heavy atom. The third-order valence-electron chi connectivity index (χ3n) is 4.79. The molecule has 0 bridgehead atoms. The molecule has 1 amide bonds. The van der Waals surface area contributed by atoms with Crippen LogP contribution in [0.15, 0.2) is 70.8 Å². The van der Waals surface area contributed by atoms with Crippen LogP contribution >= 0.6 is 11.8 Å². The summed E-state index contributed by atoms with van der Waals surface area (Å²) in [6, 6.07) is 18.7. The number of hydrogen-bond donors (Lipinski definition) is 2. The van der Waals surface area contributed by atoms with Crippen molar-refractivity contribution in [1.29, 1.82) is 5.26 Å². The zero-order chi connectivity index (χ0) is 23.1. The molecule has 3 rings (SSSR count). The molecule has 0 radical (unpaired) electrons. The molecule has 7 nitrogen and oxygen atoms in total. The van der Waals surface area contributed by atoms with Crippen LogP contribution in [0, 0.1) is 11.3 Å². The minimum atomic E-state index is -0.721. The highest BCUT2D eigenvalue weighted by Crippen LogP contribution is 2.44. The van der Waals surface area contributed by atoms with Gasteiger partial charge >= 0.3 is 5.97 Å². The minimum absolute atomic E-state index is 0.0187. The lowest BCUT2D eigenvalue weighted by atomic mass is 9.81. The number of thioether (sulfide) groups is 1. The van der Waals surface area contributed by atoms with Gasteiger partial charge in [0.1, 0.15) is 5.75 Å². The van der Waals surface area contributed by atoms with Gasteiger partial charge in [0, 0.05) is 0 Å². The monoisotopic (exact) mass is 449 g/mol. The van der Waals surface area contributed by atoms with Crippen LogP contribution in [0.1, 0.15) is 24.0 Å². The number of benzene rings is 2. The van der Waals surface area contributed by atoms with Gasteiger partial charge < -0.3 is 20.5 Å². The first-order valence-electron chi connectivity index (χ1n) is 9.93. The summed E-state index contributed by atoms with van der Waals surface area (Å²) >= 11 is 1.13. The molecule has 2 aromatic carbocycles. The summed E-state index contributed by atoms with van der Waals surface area (Å²) in [5, 5.41) is 13.8. The van der Waals surface area contributed by atoms with E-state index in [1.807, 2.05) is 36.4 Å². The van der Waals surface area contributed by atoms with Gasteiger partial charge in [0.25, 0.3) is 0 Å². The van der Waals surface area contributed by atoms with E-state index in [-0.39, 0.29) is 12.4 Å². The zero-order valence-corrected chi connectivity index (χ0v) is 18.6. The predicted octanol–water partition coefficient (Wildman–Crippen LogP) is 3.31. The van der Waals surface area contributed by atoms with Gasteiger partial charge in [0.2, 0.25) is 5.91 Å². The van der Waals surface area contributed by atoms with Crippen LogP contribution in [0.5, 0.6) is 5.75 Å². The minimum Gasteiger partial charge on any atom is -0.497 e. The van der Waals surface area contributed by atoms with Crippen LogP contribution in [0.25, 0.3) is 5.70 Å². The van der Waals surface area contributed by atoms with Crippen molar-refractivity contribution in [3.8, 4) is 11.8 Å². The number of carbonyl (C=O) groups excluding carboxylic acids is 2. The lowest BCUT2D eigenvalue weighted by Crippen LogP contribution is -2.29. The van der Waals surface area contributed by atoms with Crippen LogP contribution in [-0.2, 0) is 14.3 Å². The maximum absolute atomic E-state index is 13.2. The third-order valence-corrected chi connectivity index (χ3v) is 5.83. The standard InChI is InChI=1S/C24H23N3O4S/c1-3-31-24(29)21-20(16-10-7-11-17(12-16)30-2)18(13-25)23(32-14-19(26)28)27-22(21)15-8-5-4-6-9-15/h4-12,20,27H,3,14H2,1-2H3,(H2,26,28)/t20-/m1/s1. The molecule has 0 saturated heterocycles. The molecule has 0 spiro atoms. The second-order valence-electron chi connectivity index (χ2n) is 6.82. The van der Waals surface area contributed by atoms with E-state index in [1.165, 1.54) is 0 Å². The molecule has 0 unspecified atom stereocenters. The molecule has 2 aromatic rings. The predicted molar refractivity (Wildman–Crippen MR) is 123 cm³/mol. The average molecular weight is 450 g/mol. The smallest absolute Gasteiger partial charge is 0.337 e. The highest BCUT2D eigenvalue weighted by Gasteiger charge is 2.37. The Labute approximate surface area is 190 Å². The number of allylic oxidation sites excluding steroid dienone is 1. The maximum atomic E-state index is 13.2. The van der Waals surface area contributed by atoms with E-state index in [9.17, 15) is 14.9 Å². The molecule has 1 aliphatic heterocycles. The fourth-order valence-electron chi connectivity index (χ4n) is 3.46. The molecule has 0 fully saturated rings. The number of ether oxygens (including phenoxy) is 2. The van der Waals surface area contributed by atoms with Gasteiger partial charge in [0.05, 0.1) is 53.3 Å². The molecule has 1 atom stereocenters. The van der Waals surface area contributed by atoms with Crippen LogP contribution in [0.4, 0.5) is 0 Å². The van der Waals surface area contributed by atoms with Crippen LogP contribution < -0.4 is 15.8 Å². The van der Waals surface area contributed by atoms with E-state index < -0.39 is 17.8 Å². The summed E-state index contributed by atoms with van der Waals surface area (Å²) in [5.41, 5.74) is 7.91. The molecule has 3 N–H and O–H groups in total. The Hall–Kier alpha value is -3.70. The first-order valence-corrected chi connectivity index (χ1v) is 10.9. The van der Waals surface area contributed by atoms with Crippen molar-refractivity contribution in [2.45, 2.75) is 12.8 Å². The molecule has 0 aliphatic carbocycles. The van der Waals surface area contributed by atoms with Gasteiger partial charge in [-0.25, -0.2) is 4.79 Å². The van der Waals surface area contributed by atoms with E-state index in [1.54, 1.807) is 32.2 Å². The number of hydrogen-bond acceptors (Lipinski definition) is 7. The van der Waals surface area contributed by atoms with Gasteiger partial charge in [-0.2, -0.15) is 5.26 Å². The molecular weight excluding hydrogens is 426 g/mol. The Morgan fingerprint density at radius 2 is 1.94 bits per heavy atom. The second-order valence-corrected chi connectivity index (χ2v) is 7.80. The number of primary amides is 1. The van der Waals surface area contributed by atoms with E-state index in [0.29, 0.717) is 33.2 Å². The summed E-state index contributed by atoms with van der Waals surface area (Å²) in [6.07, 6.45) is 0. The number of nitriles is 1. The first kappa shape index (κ1) is 23.0. The first-order chi connectivity index (χ1) is 15.5. The summed E-state index contributed by atoms with van der Waals surface area (Å²) in [6.45, 7) is 1.91. The van der Waals surface area contributed by atoms with E-state index >= 15 is 0 Å². The third kappa shape index (κ3) is 4.95. The normalized spacial score (nSPS) is 15.6. The largest absolute Gasteiger partial charge is 0.497 e. The Kier molecular flexibility index (Phi) is 7.58. The molecule has 32 heavy (non-hydrogen) atoms. The van der Waals surface area contributed by atoms with Crippen molar-refractivity contribution < 1.29 is 19.1 Å². The topological polar surface area (TPSA) is 114 Å². The number of nitrogens with two attached hydrogens (primary N) is 1. The Balaban J connectivity index is 2.29. The van der Waals surface area contributed by atoms with Gasteiger partial charge in [-0.1, -0.05) is 54.2 Å². The Morgan fingerprint density at radius 3 is 2.56 bits per heavy atom.